The lowest BCUT2D eigenvalue weighted by Crippen LogP contribution is -2.03. The van der Waals surface area contributed by atoms with Crippen LogP contribution in [0.2, 0.25) is 0 Å². The number of aromatic amines is 1. The molecule has 0 aliphatic heterocycles. The number of nitrogens with one attached hydrogen (secondary N) is 1. The molecule has 4 nitrogen and oxygen atoms in total. The van der Waals surface area contributed by atoms with E-state index in [2.05, 4.69) is 51.7 Å². The first-order valence-electron chi connectivity index (χ1n) is 8.39. The number of H-pyrrole nitrogens is 1. The maximum absolute atomic E-state index is 4.93. The summed E-state index contributed by atoms with van der Waals surface area (Å²) >= 11 is 0. The van der Waals surface area contributed by atoms with Crippen LogP contribution in [-0.4, -0.2) is 19.9 Å². The Morgan fingerprint density at radius 2 is 1.74 bits per heavy atom. The molecule has 0 unspecified atom stereocenters. The van der Waals surface area contributed by atoms with Crippen molar-refractivity contribution in [3.63, 3.8) is 0 Å². The average Bonchev–Trinajstić information content (AvgIpc) is 2.93. The first-order valence-corrected chi connectivity index (χ1v) is 8.39. The first kappa shape index (κ1) is 15.7. The summed E-state index contributed by atoms with van der Waals surface area (Å²) in [5, 5.41) is 0. The fourth-order valence-corrected chi connectivity index (χ4v) is 2.88. The van der Waals surface area contributed by atoms with Crippen LogP contribution in [0.1, 0.15) is 56.3 Å². The topological polar surface area (TPSA) is 54.5 Å². The highest BCUT2D eigenvalue weighted by Gasteiger charge is 2.16. The van der Waals surface area contributed by atoms with Gasteiger partial charge >= 0.3 is 0 Å². The number of nitrogens with zero attached hydrogens (tertiary/aromatic N) is 3. The predicted octanol–water partition coefficient (Wildman–Crippen LogP) is 4.58. The molecular formula is C19H24N4. The maximum Gasteiger partial charge on any atom is 0.156 e. The second-order valence-electron chi connectivity index (χ2n) is 6.28. The second kappa shape index (κ2) is 6.11. The largest absolute Gasteiger partial charge is 0.345 e. The molecule has 0 fully saturated rings. The van der Waals surface area contributed by atoms with Crippen molar-refractivity contribution < 1.29 is 0 Å². The fourth-order valence-electron chi connectivity index (χ4n) is 2.88. The molecule has 3 aromatic rings. The number of aromatic nitrogens is 4. The van der Waals surface area contributed by atoms with Gasteiger partial charge in [-0.3, -0.25) is 4.98 Å². The van der Waals surface area contributed by atoms with Crippen molar-refractivity contribution in [3.05, 3.63) is 41.0 Å². The second-order valence-corrected chi connectivity index (χ2v) is 6.28. The monoisotopic (exact) mass is 308 g/mol. The molecule has 0 saturated heterocycles. The van der Waals surface area contributed by atoms with Crippen molar-refractivity contribution in [2.45, 2.75) is 53.4 Å². The summed E-state index contributed by atoms with van der Waals surface area (Å²) < 4.78 is 0. The van der Waals surface area contributed by atoms with Gasteiger partial charge in [-0.25, -0.2) is 9.97 Å². The van der Waals surface area contributed by atoms with Crippen molar-refractivity contribution in [1.29, 1.82) is 0 Å². The molecule has 0 amide bonds. The van der Waals surface area contributed by atoms with Gasteiger partial charge in [0.1, 0.15) is 5.52 Å². The van der Waals surface area contributed by atoms with Crippen molar-refractivity contribution in [3.8, 4) is 11.3 Å². The number of hydrogen-bond acceptors (Lipinski definition) is 3. The Kier molecular flexibility index (Phi) is 4.16. The van der Waals surface area contributed by atoms with E-state index in [4.69, 9.17) is 15.0 Å². The lowest BCUT2D eigenvalue weighted by molar-refractivity contribution is 0.807. The van der Waals surface area contributed by atoms with Crippen LogP contribution in [0.3, 0.4) is 0 Å². The Morgan fingerprint density at radius 1 is 1.00 bits per heavy atom. The third-order valence-electron chi connectivity index (χ3n) is 4.28. The van der Waals surface area contributed by atoms with Crippen LogP contribution in [0.5, 0.6) is 0 Å². The normalized spacial score (nSPS) is 11.6. The summed E-state index contributed by atoms with van der Waals surface area (Å²) in [4.78, 5) is 17.8. The van der Waals surface area contributed by atoms with E-state index in [0.29, 0.717) is 5.92 Å². The maximum atomic E-state index is 4.93. The lowest BCUT2D eigenvalue weighted by atomic mass is 10.0. The molecule has 0 aromatic carbocycles. The van der Waals surface area contributed by atoms with Crippen molar-refractivity contribution in [2.24, 2.45) is 0 Å². The summed E-state index contributed by atoms with van der Waals surface area (Å²) in [5.74, 6) is 0.431. The zero-order valence-electron chi connectivity index (χ0n) is 14.6. The molecule has 0 aliphatic rings. The minimum atomic E-state index is 0.431. The third-order valence-corrected chi connectivity index (χ3v) is 4.28. The van der Waals surface area contributed by atoms with Gasteiger partial charge in [0.15, 0.2) is 5.65 Å². The molecular weight excluding hydrogens is 284 g/mol. The van der Waals surface area contributed by atoms with E-state index in [0.717, 1.165) is 57.9 Å². The third kappa shape index (κ3) is 2.74. The smallest absolute Gasteiger partial charge is 0.156 e. The molecule has 0 bridgehead atoms. The molecule has 0 radical (unpaired) electrons. The molecule has 0 spiro atoms. The van der Waals surface area contributed by atoms with Gasteiger partial charge in [0.25, 0.3) is 0 Å². The minimum absolute atomic E-state index is 0.431. The van der Waals surface area contributed by atoms with E-state index in [1.807, 2.05) is 6.20 Å². The van der Waals surface area contributed by atoms with E-state index in [1.54, 1.807) is 0 Å². The average molecular weight is 308 g/mol. The zero-order valence-corrected chi connectivity index (χ0v) is 14.6. The predicted molar refractivity (Wildman–Crippen MR) is 94.7 cm³/mol. The SMILES string of the molecule is CCc1nc(C(C)C)ccc1-c1nc2c(C)c[nH]c2nc1CC. The van der Waals surface area contributed by atoms with Crippen LogP contribution in [-0.2, 0) is 12.8 Å². The summed E-state index contributed by atoms with van der Waals surface area (Å²) in [6, 6.07) is 4.28. The highest BCUT2D eigenvalue weighted by Crippen LogP contribution is 2.28. The summed E-state index contributed by atoms with van der Waals surface area (Å²) in [5.41, 5.74) is 8.30. The van der Waals surface area contributed by atoms with Crippen LogP contribution >= 0.6 is 0 Å². The quantitative estimate of drug-likeness (QED) is 0.767. The number of aryl methyl sites for hydroxylation is 3. The summed E-state index contributed by atoms with van der Waals surface area (Å²) in [6.45, 7) is 10.7. The summed E-state index contributed by atoms with van der Waals surface area (Å²) in [6.07, 6.45) is 3.71. The Balaban J connectivity index is 2.24. The molecule has 0 aliphatic carbocycles. The van der Waals surface area contributed by atoms with E-state index in [1.165, 1.54) is 0 Å². The molecule has 23 heavy (non-hydrogen) atoms. The van der Waals surface area contributed by atoms with Crippen molar-refractivity contribution >= 4 is 11.2 Å². The van der Waals surface area contributed by atoms with E-state index >= 15 is 0 Å². The minimum Gasteiger partial charge on any atom is -0.345 e. The van der Waals surface area contributed by atoms with Crippen LogP contribution in [0, 0.1) is 6.92 Å². The van der Waals surface area contributed by atoms with Crippen LogP contribution in [0.4, 0.5) is 0 Å². The molecule has 3 heterocycles. The zero-order chi connectivity index (χ0) is 16.6. The van der Waals surface area contributed by atoms with Crippen molar-refractivity contribution in [2.75, 3.05) is 0 Å². The van der Waals surface area contributed by atoms with Gasteiger partial charge in [-0.15, -0.1) is 0 Å². The van der Waals surface area contributed by atoms with Crippen LogP contribution in [0.25, 0.3) is 22.4 Å². The van der Waals surface area contributed by atoms with Gasteiger partial charge in [0.05, 0.1) is 11.4 Å². The summed E-state index contributed by atoms with van der Waals surface area (Å²) in [7, 11) is 0. The molecule has 4 heteroatoms. The molecule has 120 valence electrons. The Bertz CT molecular complexity index is 846. The van der Waals surface area contributed by atoms with E-state index in [9.17, 15) is 0 Å². The van der Waals surface area contributed by atoms with Gasteiger partial charge in [-0.05, 0) is 43.4 Å². The molecule has 1 N–H and O–H groups in total. The van der Waals surface area contributed by atoms with Gasteiger partial charge in [-0.2, -0.15) is 0 Å². The van der Waals surface area contributed by atoms with E-state index in [-0.39, 0.29) is 0 Å². The van der Waals surface area contributed by atoms with Gasteiger partial charge in [0.2, 0.25) is 0 Å². The molecule has 0 atom stereocenters. The van der Waals surface area contributed by atoms with Crippen LogP contribution < -0.4 is 0 Å². The Morgan fingerprint density at radius 3 is 2.39 bits per heavy atom. The van der Waals surface area contributed by atoms with Gasteiger partial charge in [-0.1, -0.05) is 27.7 Å². The highest BCUT2D eigenvalue weighted by atomic mass is 14.9. The van der Waals surface area contributed by atoms with Crippen molar-refractivity contribution in [1.82, 2.24) is 19.9 Å². The number of rotatable bonds is 4. The highest BCUT2D eigenvalue weighted by molar-refractivity contribution is 5.79. The Labute approximate surface area is 137 Å². The van der Waals surface area contributed by atoms with Gasteiger partial charge in [0, 0.05) is 23.1 Å². The van der Waals surface area contributed by atoms with E-state index < -0.39 is 0 Å². The molecule has 3 rings (SSSR count). The number of fused-ring (bicyclic) bond motifs is 1. The van der Waals surface area contributed by atoms with Gasteiger partial charge < -0.3 is 4.98 Å². The first-order chi connectivity index (χ1) is 11.0. The number of hydrogen-bond donors (Lipinski definition) is 1. The number of pyridine rings is 1. The lowest BCUT2D eigenvalue weighted by Gasteiger charge is -2.13. The van der Waals surface area contributed by atoms with Crippen LogP contribution in [0.15, 0.2) is 18.3 Å². The molecule has 0 saturated carbocycles. The molecule has 3 aromatic heterocycles. The Hall–Kier alpha value is -2.23. The fraction of sp³-hybridized carbons (Fsp3) is 0.421. The standard InChI is InChI=1S/C19H24N4/c1-6-14-13(8-9-16(21-14)11(3)4)18-15(7-2)22-19-17(23-18)12(5)10-20-19/h8-11H,6-7H2,1-5H3,(H,20,22).